The number of rotatable bonds is 17. The molecule has 0 saturated carbocycles. The zero-order valence-corrected chi connectivity index (χ0v) is 16.3. The molecular weight excluding hydrogens is 342 g/mol. The average Bonchev–Trinajstić information content (AvgIpc) is 2.62. The van der Waals surface area contributed by atoms with Gasteiger partial charge < -0.3 is 35.3 Å². The van der Waals surface area contributed by atoms with E-state index in [0.29, 0.717) is 52.8 Å². The first-order valence-corrected chi connectivity index (χ1v) is 9.04. The van der Waals surface area contributed by atoms with Gasteiger partial charge in [-0.25, -0.2) is 0 Å². The molecule has 0 bridgehead atoms. The van der Waals surface area contributed by atoms with E-state index < -0.39 is 6.04 Å². The molecule has 0 fully saturated rings. The zero-order valence-electron chi connectivity index (χ0n) is 16.3. The summed E-state index contributed by atoms with van der Waals surface area (Å²) in [6.45, 7) is 7.93. The monoisotopic (exact) mass is 377 g/mol. The van der Waals surface area contributed by atoms with Gasteiger partial charge in [-0.2, -0.15) is 0 Å². The zero-order chi connectivity index (χ0) is 19.6. The highest BCUT2D eigenvalue weighted by atomic mass is 16.6. The smallest absolute Gasteiger partial charge is 0.242 e. The summed E-state index contributed by atoms with van der Waals surface area (Å²) in [5, 5.41) is 5.26. The van der Waals surface area contributed by atoms with Crippen LogP contribution in [0.4, 0.5) is 0 Å². The number of ether oxygens (including phenoxy) is 4. The Morgan fingerprint density at radius 1 is 0.846 bits per heavy atom. The average molecular weight is 377 g/mol. The molecule has 0 heterocycles. The number of hydrogen-bond acceptors (Lipinski definition) is 7. The quantitative estimate of drug-likeness (QED) is 0.286. The third-order valence-electron chi connectivity index (χ3n) is 3.36. The molecule has 9 nitrogen and oxygen atoms in total. The van der Waals surface area contributed by atoms with Crippen molar-refractivity contribution in [1.82, 2.24) is 10.6 Å². The van der Waals surface area contributed by atoms with Gasteiger partial charge in [0, 0.05) is 20.0 Å². The molecular formula is C17H35N3O6. The summed E-state index contributed by atoms with van der Waals surface area (Å²) < 4.78 is 21.2. The molecule has 4 N–H and O–H groups in total. The molecule has 0 aromatic heterocycles. The van der Waals surface area contributed by atoms with Crippen LogP contribution in [-0.2, 0) is 28.5 Å². The molecule has 0 saturated heterocycles. The second-order valence-corrected chi connectivity index (χ2v) is 5.89. The van der Waals surface area contributed by atoms with Crippen LogP contribution in [0.15, 0.2) is 0 Å². The van der Waals surface area contributed by atoms with E-state index in [-0.39, 0.29) is 30.8 Å². The fraction of sp³-hybridized carbons (Fsp3) is 0.882. The minimum atomic E-state index is -0.531. The van der Waals surface area contributed by atoms with Crippen LogP contribution in [0, 0.1) is 5.92 Å². The molecule has 0 aliphatic carbocycles. The van der Waals surface area contributed by atoms with Gasteiger partial charge >= 0.3 is 0 Å². The van der Waals surface area contributed by atoms with Gasteiger partial charge in [0.05, 0.1) is 52.9 Å². The Kier molecular flexibility index (Phi) is 16.3. The van der Waals surface area contributed by atoms with E-state index in [1.54, 1.807) is 7.05 Å². The topological polar surface area (TPSA) is 121 Å². The van der Waals surface area contributed by atoms with Gasteiger partial charge in [-0.3, -0.25) is 9.59 Å². The molecule has 0 unspecified atom stereocenters. The first-order chi connectivity index (χ1) is 12.5. The second kappa shape index (κ2) is 17.2. The molecule has 154 valence electrons. The molecule has 0 rings (SSSR count). The molecule has 0 aromatic carbocycles. The highest BCUT2D eigenvalue weighted by Gasteiger charge is 2.22. The van der Waals surface area contributed by atoms with Gasteiger partial charge in [-0.15, -0.1) is 0 Å². The van der Waals surface area contributed by atoms with Gasteiger partial charge in [0.15, 0.2) is 0 Å². The molecule has 26 heavy (non-hydrogen) atoms. The number of likely N-dealkylation sites (N-methyl/N-ethyl adjacent to an activating group) is 1. The third kappa shape index (κ3) is 14.0. The van der Waals surface area contributed by atoms with Crippen molar-refractivity contribution in [2.45, 2.75) is 26.3 Å². The van der Waals surface area contributed by atoms with Crippen molar-refractivity contribution in [2.24, 2.45) is 11.7 Å². The van der Waals surface area contributed by atoms with Gasteiger partial charge in [0.1, 0.15) is 6.04 Å². The largest absolute Gasteiger partial charge is 0.379 e. The first-order valence-electron chi connectivity index (χ1n) is 9.04. The van der Waals surface area contributed by atoms with E-state index in [0.717, 1.165) is 0 Å². The van der Waals surface area contributed by atoms with E-state index in [9.17, 15) is 9.59 Å². The molecule has 0 radical (unpaired) electrons. The van der Waals surface area contributed by atoms with E-state index in [2.05, 4.69) is 10.6 Å². The van der Waals surface area contributed by atoms with Gasteiger partial charge in [0.2, 0.25) is 11.8 Å². The number of nitrogens with one attached hydrogen (secondary N) is 2. The Morgan fingerprint density at radius 2 is 1.31 bits per heavy atom. The van der Waals surface area contributed by atoms with Crippen LogP contribution >= 0.6 is 0 Å². The number of amides is 2. The predicted molar refractivity (Wildman–Crippen MR) is 97.8 cm³/mol. The van der Waals surface area contributed by atoms with Crippen molar-refractivity contribution in [2.75, 3.05) is 66.4 Å². The van der Waals surface area contributed by atoms with Crippen molar-refractivity contribution in [1.29, 1.82) is 0 Å². The van der Waals surface area contributed by atoms with Crippen molar-refractivity contribution in [3.63, 3.8) is 0 Å². The van der Waals surface area contributed by atoms with Crippen LogP contribution in [0.5, 0.6) is 0 Å². The van der Waals surface area contributed by atoms with E-state index in [4.69, 9.17) is 24.7 Å². The molecule has 1 atom stereocenters. The first kappa shape index (κ1) is 24.7. The highest BCUT2D eigenvalue weighted by Crippen LogP contribution is 2.02. The highest BCUT2D eigenvalue weighted by molar-refractivity contribution is 5.87. The number of hydrogen-bond donors (Lipinski definition) is 3. The predicted octanol–water partition coefficient (Wildman–Crippen LogP) is -0.712. The Bertz CT molecular complexity index is 368. The van der Waals surface area contributed by atoms with Crippen LogP contribution in [0.1, 0.15) is 20.3 Å². The lowest BCUT2D eigenvalue weighted by molar-refractivity contribution is -0.130. The van der Waals surface area contributed by atoms with Crippen LogP contribution in [0.3, 0.4) is 0 Å². The Balaban J connectivity index is 3.49. The molecule has 0 aliphatic heterocycles. The van der Waals surface area contributed by atoms with Crippen molar-refractivity contribution < 1.29 is 28.5 Å². The number of carbonyl (C=O) groups excluding carboxylic acids is 2. The minimum Gasteiger partial charge on any atom is -0.379 e. The Hall–Kier alpha value is -1.26. The summed E-state index contributed by atoms with van der Waals surface area (Å²) in [4.78, 5) is 23.5. The molecule has 0 spiro atoms. The standard InChI is InChI=1S/C17H35N3O6/c1-14(2)16(17(22)19-3)20-15(21)4-6-23-8-10-25-12-13-26-11-9-24-7-5-18/h14,16H,4-13,18H2,1-3H3,(H,19,22)(H,20,21)/t16-/m1/s1. The fourth-order valence-electron chi connectivity index (χ4n) is 1.95. The lowest BCUT2D eigenvalue weighted by atomic mass is 10.0. The summed E-state index contributed by atoms with van der Waals surface area (Å²) >= 11 is 0. The molecule has 2 amide bonds. The molecule has 0 aromatic rings. The summed E-state index contributed by atoms with van der Waals surface area (Å²) in [5.74, 6) is -0.392. The van der Waals surface area contributed by atoms with Crippen LogP contribution < -0.4 is 16.4 Å². The van der Waals surface area contributed by atoms with Crippen LogP contribution in [-0.4, -0.2) is 84.3 Å². The van der Waals surface area contributed by atoms with Crippen LogP contribution in [0.2, 0.25) is 0 Å². The Morgan fingerprint density at radius 3 is 1.73 bits per heavy atom. The maximum atomic E-state index is 11.8. The van der Waals surface area contributed by atoms with Gasteiger partial charge in [0.25, 0.3) is 0 Å². The minimum absolute atomic E-state index is 0.0164. The van der Waals surface area contributed by atoms with Crippen molar-refractivity contribution >= 4 is 11.8 Å². The number of nitrogens with two attached hydrogens (primary N) is 1. The van der Waals surface area contributed by atoms with E-state index in [1.807, 2.05) is 13.8 Å². The molecule has 0 aliphatic rings. The SMILES string of the molecule is CNC(=O)[C@H](NC(=O)CCOCCOCCOCCOCCN)C(C)C. The maximum Gasteiger partial charge on any atom is 0.242 e. The summed E-state index contributed by atoms with van der Waals surface area (Å²) in [5.41, 5.74) is 5.29. The summed E-state index contributed by atoms with van der Waals surface area (Å²) in [6, 6.07) is -0.531. The lowest BCUT2D eigenvalue weighted by Crippen LogP contribution is -2.48. The van der Waals surface area contributed by atoms with Crippen molar-refractivity contribution in [3.05, 3.63) is 0 Å². The summed E-state index contributed by atoms with van der Waals surface area (Å²) in [6.07, 6.45) is 0.201. The van der Waals surface area contributed by atoms with Gasteiger partial charge in [-0.1, -0.05) is 13.8 Å². The van der Waals surface area contributed by atoms with Crippen molar-refractivity contribution in [3.8, 4) is 0 Å². The lowest BCUT2D eigenvalue weighted by Gasteiger charge is -2.20. The fourth-order valence-corrected chi connectivity index (χ4v) is 1.95. The number of carbonyl (C=O) groups is 2. The van der Waals surface area contributed by atoms with Crippen LogP contribution in [0.25, 0.3) is 0 Å². The Labute approximate surface area is 156 Å². The van der Waals surface area contributed by atoms with Gasteiger partial charge in [-0.05, 0) is 5.92 Å². The normalized spacial score (nSPS) is 12.2. The summed E-state index contributed by atoms with van der Waals surface area (Å²) in [7, 11) is 1.55. The maximum absolute atomic E-state index is 11.8. The second-order valence-electron chi connectivity index (χ2n) is 5.89. The van der Waals surface area contributed by atoms with E-state index >= 15 is 0 Å². The third-order valence-corrected chi connectivity index (χ3v) is 3.36. The van der Waals surface area contributed by atoms with E-state index in [1.165, 1.54) is 0 Å². The molecule has 9 heteroatoms.